The molecule has 0 atom stereocenters. The van der Waals surface area contributed by atoms with E-state index >= 15 is 0 Å². The topological polar surface area (TPSA) is 93.7 Å². The highest BCUT2D eigenvalue weighted by Crippen LogP contribution is 2.33. The molecule has 2 aliphatic heterocycles. The number of rotatable bonds is 7. The number of carbonyl (C=O) groups is 2. The van der Waals surface area contributed by atoms with Crippen LogP contribution in [0.5, 0.6) is 0 Å². The second kappa shape index (κ2) is 10.3. The maximum absolute atomic E-state index is 12.7. The van der Waals surface area contributed by atoms with Crippen molar-refractivity contribution < 1.29 is 14.3 Å². The molecule has 0 bridgehead atoms. The average Bonchev–Trinajstić information content (AvgIpc) is 3.25. The molecule has 8 nitrogen and oxygen atoms in total. The van der Waals surface area contributed by atoms with Crippen LogP contribution in [0.15, 0.2) is 24.4 Å². The van der Waals surface area contributed by atoms with Gasteiger partial charge in [-0.05, 0) is 76.7 Å². The van der Waals surface area contributed by atoms with E-state index in [9.17, 15) is 9.59 Å². The van der Waals surface area contributed by atoms with Gasteiger partial charge in [0.05, 0.1) is 24.2 Å². The van der Waals surface area contributed by atoms with Gasteiger partial charge in [-0.2, -0.15) is 5.10 Å². The zero-order valence-electron chi connectivity index (χ0n) is 20.7. The maximum Gasteiger partial charge on any atom is 0.341 e. The second-order valence-electron chi connectivity index (χ2n) is 9.58. The van der Waals surface area contributed by atoms with E-state index < -0.39 is 5.54 Å². The number of ether oxygens (including phenoxy) is 1. The van der Waals surface area contributed by atoms with Crippen molar-refractivity contribution in [1.29, 1.82) is 0 Å². The van der Waals surface area contributed by atoms with Crippen molar-refractivity contribution in [2.45, 2.75) is 65.0 Å². The zero-order chi connectivity index (χ0) is 24.3. The van der Waals surface area contributed by atoms with E-state index in [0.29, 0.717) is 31.6 Å². The van der Waals surface area contributed by atoms with E-state index in [0.717, 1.165) is 56.0 Å². The summed E-state index contributed by atoms with van der Waals surface area (Å²) >= 11 is 0. The van der Waals surface area contributed by atoms with Crippen molar-refractivity contribution in [3.8, 4) is 5.69 Å². The second-order valence-corrected chi connectivity index (χ2v) is 9.58. The number of carbonyl (C=O) groups excluding carboxylic acids is 2. The lowest BCUT2D eigenvalue weighted by Crippen LogP contribution is -2.63. The Labute approximate surface area is 202 Å². The van der Waals surface area contributed by atoms with E-state index in [1.54, 1.807) is 13.1 Å². The minimum absolute atomic E-state index is 0.207. The molecule has 2 fully saturated rings. The van der Waals surface area contributed by atoms with Gasteiger partial charge in [-0.25, -0.2) is 9.48 Å². The number of likely N-dealkylation sites (tertiary alicyclic amines) is 2. The van der Waals surface area contributed by atoms with Gasteiger partial charge in [-0.1, -0.05) is 18.6 Å². The van der Waals surface area contributed by atoms with Crippen LogP contribution in [0.2, 0.25) is 0 Å². The third-order valence-electron chi connectivity index (χ3n) is 7.65. The normalized spacial score (nSPS) is 19.1. The van der Waals surface area contributed by atoms with Gasteiger partial charge in [0, 0.05) is 19.6 Å². The van der Waals surface area contributed by atoms with Crippen molar-refractivity contribution in [2.75, 3.05) is 32.8 Å². The fourth-order valence-corrected chi connectivity index (χ4v) is 5.41. The maximum atomic E-state index is 12.7. The summed E-state index contributed by atoms with van der Waals surface area (Å²) in [7, 11) is 0. The lowest BCUT2D eigenvalue weighted by molar-refractivity contribution is -0.135. The van der Waals surface area contributed by atoms with Crippen LogP contribution < -0.4 is 5.73 Å². The Kier molecular flexibility index (Phi) is 7.38. The third-order valence-corrected chi connectivity index (χ3v) is 7.65. The Balaban J connectivity index is 1.60. The van der Waals surface area contributed by atoms with Crippen molar-refractivity contribution in [3.63, 3.8) is 0 Å². The third kappa shape index (κ3) is 4.61. The number of hydrogen-bond donors (Lipinski definition) is 1. The number of benzene rings is 1. The molecule has 1 aromatic carbocycles. The summed E-state index contributed by atoms with van der Waals surface area (Å²) in [4.78, 5) is 30.0. The molecule has 34 heavy (non-hydrogen) atoms. The molecule has 8 heteroatoms. The van der Waals surface area contributed by atoms with Gasteiger partial charge in [-0.15, -0.1) is 0 Å². The Bertz CT molecular complexity index is 1030. The molecule has 4 rings (SSSR count). The van der Waals surface area contributed by atoms with Gasteiger partial charge >= 0.3 is 5.97 Å². The summed E-state index contributed by atoms with van der Waals surface area (Å²) in [5.41, 5.74) is 9.97. The number of aryl methyl sites for hydroxylation is 1. The minimum Gasteiger partial charge on any atom is -0.462 e. The molecule has 0 saturated carbocycles. The number of piperidine rings is 2. The van der Waals surface area contributed by atoms with Gasteiger partial charge < -0.3 is 10.5 Å². The van der Waals surface area contributed by atoms with Gasteiger partial charge in [-0.3, -0.25) is 14.6 Å². The number of hydrogen-bond acceptors (Lipinski definition) is 6. The summed E-state index contributed by atoms with van der Waals surface area (Å²) in [6.07, 6.45) is 6.48. The molecule has 0 radical (unpaired) electrons. The molecular weight excluding hydrogens is 430 g/mol. The lowest BCUT2D eigenvalue weighted by atomic mass is 9.83. The summed E-state index contributed by atoms with van der Waals surface area (Å²) < 4.78 is 7.20. The Morgan fingerprint density at radius 2 is 1.79 bits per heavy atom. The molecule has 1 aromatic heterocycles. The van der Waals surface area contributed by atoms with Crippen molar-refractivity contribution in [1.82, 2.24) is 19.6 Å². The van der Waals surface area contributed by atoms with Crippen LogP contribution in [-0.4, -0.2) is 69.8 Å². The van der Waals surface area contributed by atoms with Crippen LogP contribution in [0.3, 0.4) is 0 Å². The summed E-state index contributed by atoms with van der Waals surface area (Å²) in [5.74, 6) is -0.562. The SMILES string of the molecule is CCOC(=O)c1cnn(-c2cccc(C)c2C)c1CN1CCC(C(N)=O)(N2CCCCC2)CC1. The van der Waals surface area contributed by atoms with E-state index in [4.69, 9.17) is 10.5 Å². The van der Waals surface area contributed by atoms with Crippen LogP contribution in [0.4, 0.5) is 0 Å². The number of primary amides is 1. The van der Waals surface area contributed by atoms with E-state index in [2.05, 4.69) is 34.8 Å². The largest absolute Gasteiger partial charge is 0.462 e. The lowest BCUT2D eigenvalue weighted by Gasteiger charge is -2.48. The first-order chi connectivity index (χ1) is 16.4. The number of aromatic nitrogens is 2. The number of esters is 1. The number of nitrogens with two attached hydrogens (primary N) is 1. The number of amides is 1. The Morgan fingerprint density at radius 1 is 1.09 bits per heavy atom. The molecule has 0 unspecified atom stereocenters. The van der Waals surface area contributed by atoms with Crippen LogP contribution in [0.25, 0.3) is 5.69 Å². The van der Waals surface area contributed by atoms with Crippen molar-refractivity contribution >= 4 is 11.9 Å². The number of nitrogens with zero attached hydrogens (tertiary/aromatic N) is 4. The zero-order valence-corrected chi connectivity index (χ0v) is 20.7. The molecule has 2 aromatic rings. The molecular formula is C26H37N5O3. The van der Waals surface area contributed by atoms with Gasteiger partial charge in [0.25, 0.3) is 0 Å². The Hall–Kier alpha value is -2.71. The predicted octanol–water partition coefficient (Wildman–Crippen LogP) is 2.97. The first-order valence-corrected chi connectivity index (χ1v) is 12.5. The van der Waals surface area contributed by atoms with Crippen LogP contribution in [0.1, 0.15) is 66.2 Å². The molecule has 2 saturated heterocycles. The van der Waals surface area contributed by atoms with E-state index in [1.165, 1.54) is 12.0 Å². The first-order valence-electron chi connectivity index (χ1n) is 12.5. The summed E-state index contributed by atoms with van der Waals surface area (Å²) in [6, 6.07) is 6.11. The van der Waals surface area contributed by atoms with Crippen LogP contribution in [0, 0.1) is 13.8 Å². The fraction of sp³-hybridized carbons (Fsp3) is 0.577. The molecule has 2 N–H and O–H groups in total. The average molecular weight is 468 g/mol. The highest BCUT2D eigenvalue weighted by molar-refractivity contribution is 5.90. The quantitative estimate of drug-likeness (QED) is 0.630. The summed E-state index contributed by atoms with van der Waals surface area (Å²) in [5, 5.41) is 4.59. The van der Waals surface area contributed by atoms with Crippen LogP contribution >= 0.6 is 0 Å². The molecule has 0 spiro atoms. The van der Waals surface area contributed by atoms with E-state index in [-0.39, 0.29) is 11.9 Å². The minimum atomic E-state index is -0.561. The predicted molar refractivity (Wildman–Crippen MR) is 131 cm³/mol. The smallest absolute Gasteiger partial charge is 0.341 e. The highest BCUT2D eigenvalue weighted by Gasteiger charge is 2.45. The van der Waals surface area contributed by atoms with Gasteiger partial charge in [0.15, 0.2) is 0 Å². The van der Waals surface area contributed by atoms with Crippen LogP contribution in [-0.2, 0) is 16.1 Å². The van der Waals surface area contributed by atoms with Gasteiger partial charge in [0.2, 0.25) is 5.91 Å². The molecule has 2 aliphatic rings. The van der Waals surface area contributed by atoms with E-state index in [1.807, 2.05) is 16.8 Å². The Morgan fingerprint density at radius 3 is 2.44 bits per heavy atom. The monoisotopic (exact) mass is 467 g/mol. The first kappa shape index (κ1) is 24.4. The van der Waals surface area contributed by atoms with Crippen molar-refractivity contribution in [3.05, 3.63) is 46.8 Å². The molecule has 184 valence electrons. The fourth-order valence-electron chi connectivity index (χ4n) is 5.41. The molecule has 0 aliphatic carbocycles. The molecule has 3 heterocycles. The van der Waals surface area contributed by atoms with Gasteiger partial charge in [0.1, 0.15) is 11.1 Å². The highest BCUT2D eigenvalue weighted by atomic mass is 16.5. The standard InChI is InChI=1S/C26H37N5O3/c1-4-34-24(32)21-17-28-31(22-10-8-9-19(2)20(22)3)23(21)18-29-15-11-26(12-16-29,25(27)33)30-13-6-5-7-14-30/h8-10,17H,4-7,11-16,18H2,1-3H3,(H2,27,33). The van der Waals surface area contributed by atoms with Crippen molar-refractivity contribution in [2.24, 2.45) is 5.73 Å². The summed E-state index contributed by atoms with van der Waals surface area (Å²) in [6.45, 7) is 10.2. The molecule has 1 amide bonds.